The Morgan fingerprint density at radius 1 is 1.21 bits per heavy atom. The van der Waals surface area contributed by atoms with Gasteiger partial charge in [0, 0.05) is 23.3 Å². The smallest absolute Gasteiger partial charge is 0.249 e. The molecule has 2 atom stereocenters. The standard InChI is InChI=1S/C27H31N3O7S/c1-11(2)25-29-26(37-30-25)15(8-9-38-7)28-13(4)18-16(32)10-17-27(6,24(18)35)20-22(34)12(3)21(33)19(14(5)31)23(20)36-17/h10-11,15,28,33-34H,8-9H2,1-7H3/b18-13+. The van der Waals surface area contributed by atoms with Gasteiger partial charge in [0.25, 0.3) is 0 Å². The van der Waals surface area contributed by atoms with Crippen molar-refractivity contribution in [1.82, 2.24) is 15.5 Å². The number of fused-ring (bicyclic) bond motifs is 3. The number of aromatic hydroxyl groups is 2. The zero-order valence-corrected chi connectivity index (χ0v) is 23.2. The van der Waals surface area contributed by atoms with Crippen LogP contribution in [0, 0.1) is 6.92 Å². The summed E-state index contributed by atoms with van der Waals surface area (Å²) in [6.07, 6.45) is 3.76. The average Bonchev–Trinajstić information content (AvgIpc) is 3.44. The fourth-order valence-electron chi connectivity index (χ4n) is 4.81. The number of nitrogens with zero attached hydrogens (tertiary/aromatic N) is 2. The number of carbonyl (C=O) groups is 3. The molecule has 0 saturated heterocycles. The Morgan fingerprint density at radius 3 is 2.47 bits per heavy atom. The second-order valence-corrected chi connectivity index (χ2v) is 11.0. The van der Waals surface area contributed by atoms with Crippen LogP contribution in [-0.2, 0) is 15.0 Å². The maximum Gasteiger partial charge on any atom is 0.249 e. The number of hydrogen-bond acceptors (Lipinski definition) is 11. The van der Waals surface area contributed by atoms with E-state index >= 15 is 0 Å². The van der Waals surface area contributed by atoms with Gasteiger partial charge in [-0.2, -0.15) is 16.7 Å². The lowest BCUT2D eigenvalue weighted by atomic mass is 9.70. The van der Waals surface area contributed by atoms with Crippen LogP contribution in [0.2, 0.25) is 0 Å². The number of hydrogen-bond donors (Lipinski definition) is 3. The lowest BCUT2D eigenvalue weighted by Gasteiger charge is -2.29. The van der Waals surface area contributed by atoms with E-state index in [0.717, 1.165) is 5.75 Å². The quantitative estimate of drug-likeness (QED) is 0.251. The van der Waals surface area contributed by atoms with Crippen LogP contribution in [0.25, 0.3) is 0 Å². The number of benzene rings is 1. The van der Waals surface area contributed by atoms with E-state index in [0.29, 0.717) is 23.8 Å². The van der Waals surface area contributed by atoms with E-state index in [1.165, 1.54) is 26.8 Å². The summed E-state index contributed by atoms with van der Waals surface area (Å²) >= 11 is 1.63. The van der Waals surface area contributed by atoms with E-state index < -0.39 is 34.6 Å². The number of aromatic nitrogens is 2. The Labute approximate surface area is 224 Å². The van der Waals surface area contributed by atoms with Crippen molar-refractivity contribution in [2.75, 3.05) is 12.0 Å². The highest BCUT2D eigenvalue weighted by Gasteiger charge is 2.56. The Morgan fingerprint density at radius 2 is 1.89 bits per heavy atom. The zero-order valence-electron chi connectivity index (χ0n) is 22.4. The maximum absolute atomic E-state index is 14.0. The number of rotatable bonds is 8. The van der Waals surface area contributed by atoms with Crippen molar-refractivity contribution < 1.29 is 33.9 Å². The minimum atomic E-state index is -1.58. The lowest BCUT2D eigenvalue weighted by molar-refractivity contribution is -0.123. The molecular formula is C27H31N3O7S. The fourth-order valence-corrected chi connectivity index (χ4v) is 5.28. The summed E-state index contributed by atoms with van der Waals surface area (Å²) in [5.41, 5.74) is -1.45. The predicted octanol–water partition coefficient (Wildman–Crippen LogP) is 4.16. The van der Waals surface area contributed by atoms with E-state index in [1.54, 1.807) is 18.7 Å². The molecule has 0 spiro atoms. The molecule has 0 fully saturated rings. The van der Waals surface area contributed by atoms with E-state index in [1.807, 2.05) is 20.1 Å². The molecule has 38 heavy (non-hydrogen) atoms. The number of allylic oxidation sites excluding steroid dienone is 4. The van der Waals surface area contributed by atoms with E-state index in [9.17, 15) is 24.6 Å². The molecule has 2 heterocycles. The topological polar surface area (TPSA) is 152 Å². The summed E-state index contributed by atoms with van der Waals surface area (Å²) in [5.74, 6) is -0.889. The Hall–Kier alpha value is -3.60. The normalized spacial score (nSPS) is 20.6. The van der Waals surface area contributed by atoms with Gasteiger partial charge in [0.15, 0.2) is 23.2 Å². The fraction of sp³-hybridized carbons (Fsp3) is 0.444. The van der Waals surface area contributed by atoms with Gasteiger partial charge in [0.05, 0.1) is 11.1 Å². The van der Waals surface area contributed by atoms with Gasteiger partial charge in [-0.1, -0.05) is 19.0 Å². The third kappa shape index (κ3) is 4.18. The van der Waals surface area contributed by atoms with Crippen LogP contribution < -0.4 is 10.1 Å². The minimum Gasteiger partial charge on any atom is -0.507 e. The van der Waals surface area contributed by atoms with Crippen LogP contribution in [0.1, 0.15) is 86.2 Å². The van der Waals surface area contributed by atoms with E-state index in [-0.39, 0.29) is 45.4 Å². The van der Waals surface area contributed by atoms with Crippen LogP contribution in [0.5, 0.6) is 17.2 Å². The van der Waals surface area contributed by atoms with Crippen molar-refractivity contribution in [1.29, 1.82) is 0 Å². The van der Waals surface area contributed by atoms with Gasteiger partial charge in [-0.25, -0.2) is 0 Å². The van der Waals surface area contributed by atoms with Gasteiger partial charge in [0.2, 0.25) is 5.89 Å². The van der Waals surface area contributed by atoms with Gasteiger partial charge in [-0.05, 0) is 46.1 Å². The van der Waals surface area contributed by atoms with Crippen molar-refractivity contribution in [3.8, 4) is 17.2 Å². The molecule has 3 N–H and O–H groups in total. The number of nitrogens with one attached hydrogen (secondary N) is 1. The molecule has 10 nitrogen and oxygen atoms in total. The van der Waals surface area contributed by atoms with Crippen LogP contribution in [0.3, 0.4) is 0 Å². The molecule has 11 heteroatoms. The summed E-state index contributed by atoms with van der Waals surface area (Å²) < 4.78 is 11.3. The van der Waals surface area contributed by atoms with Crippen LogP contribution >= 0.6 is 11.8 Å². The lowest BCUT2D eigenvalue weighted by Crippen LogP contribution is -2.41. The summed E-state index contributed by atoms with van der Waals surface area (Å²) in [6.45, 7) is 9.75. The SMILES string of the molecule is CSCCC(N/C(C)=C1\C(=O)C=C2Oc3c(C(C)=O)c(O)c(C)c(O)c3C2(C)C1=O)c1nc(C(C)C)no1. The number of Topliss-reactive ketones (excluding diaryl/α,β-unsaturated/α-hetero) is 2. The molecular weight excluding hydrogens is 510 g/mol. The first-order valence-electron chi connectivity index (χ1n) is 12.2. The molecule has 0 bridgehead atoms. The van der Waals surface area contributed by atoms with Crippen LogP contribution in [0.15, 0.2) is 27.6 Å². The van der Waals surface area contributed by atoms with Crippen LogP contribution in [0.4, 0.5) is 0 Å². The molecule has 2 aliphatic rings. The Kier molecular flexibility index (Phi) is 7.17. The first kappa shape index (κ1) is 27.4. The van der Waals surface area contributed by atoms with Gasteiger partial charge in [-0.15, -0.1) is 0 Å². The number of ether oxygens (including phenoxy) is 1. The van der Waals surface area contributed by atoms with Gasteiger partial charge >= 0.3 is 0 Å². The molecule has 1 aromatic carbocycles. The first-order chi connectivity index (χ1) is 17.8. The van der Waals surface area contributed by atoms with Crippen LogP contribution in [-0.4, -0.2) is 49.7 Å². The third-order valence-electron chi connectivity index (χ3n) is 7.03. The Balaban J connectivity index is 1.81. The number of phenolic OH excluding ortho intramolecular Hbond substituents is 2. The summed E-state index contributed by atoms with van der Waals surface area (Å²) in [4.78, 5) is 44.1. The highest BCUT2D eigenvalue weighted by molar-refractivity contribution is 7.98. The van der Waals surface area contributed by atoms with Crippen molar-refractivity contribution in [2.45, 2.75) is 65.3 Å². The molecule has 2 aromatic rings. The Bertz CT molecular complexity index is 1420. The van der Waals surface area contributed by atoms with Crippen molar-refractivity contribution in [2.24, 2.45) is 0 Å². The first-order valence-corrected chi connectivity index (χ1v) is 13.6. The second-order valence-electron chi connectivity index (χ2n) is 10.0. The number of thioether (sulfide) groups is 1. The van der Waals surface area contributed by atoms with E-state index in [2.05, 4.69) is 15.5 Å². The van der Waals surface area contributed by atoms with Crippen molar-refractivity contribution >= 4 is 29.1 Å². The highest BCUT2D eigenvalue weighted by Crippen LogP contribution is 2.57. The summed E-state index contributed by atoms with van der Waals surface area (Å²) in [6, 6.07) is -0.447. The molecule has 2 unspecified atom stereocenters. The summed E-state index contributed by atoms with van der Waals surface area (Å²) in [7, 11) is 0. The van der Waals surface area contributed by atoms with Gasteiger partial charge in [0.1, 0.15) is 40.0 Å². The predicted molar refractivity (Wildman–Crippen MR) is 141 cm³/mol. The number of carbonyl (C=O) groups excluding carboxylic acids is 3. The number of phenols is 2. The molecule has 1 aliphatic carbocycles. The highest BCUT2D eigenvalue weighted by atomic mass is 32.2. The number of ketones is 3. The molecule has 1 aliphatic heterocycles. The molecule has 202 valence electrons. The summed E-state index contributed by atoms with van der Waals surface area (Å²) in [5, 5.41) is 28.8. The van der Waals surface area contributed by atoms with Crippen molar-refractivity contribution in [3.05, 3.63) is 51.5 Å². The second kappa shape index (κ2) is 9.94. The monoisotopic (exact) mass is 541 g/mol. The molecule has 0 amide bonds. The largest absolute Gasteiger partial charge is 0.507 e. The van der Waals surface area contributed by atoms with Gasteiger partial charge < -0.3 is 24.8 Å². The zero-order chi connectivity index (χ0) is 28.1. The molecule has 0 saturated carbocycles. The third-order valence-corrected chi connectivity index (χ3v) is 7.68. The molecule has 0 radical (unpaired) electrons. The maximum atomic E-state index is 14.0. The average molecular weight is 542 g/mol. The van der Waals surface area contributed by atoms with Crippen molar-refractivity contribution in [3.63, 3.8) is 0 Å². The molecule has 4 rings (SSSR count). The van der Waals surface area contributed by atoms with Gasteiger partial charge in [-0.3, -0.25) is 14.4 Å². The minimum absolute atomic E-state index is 0.0146. The molecule has 1 aromatic heterocycles. The van der Waals surface area contributed by atoms with E-state index in [4.69, 9.17) is 9.26 Å².